The number of nitrogens with one attached hydrogen (secondary N) is 3. The molecular formula is C18H29N4O3+. The lowest BCUT2D eigenvalue weighted by Crippen LogP contribution is -3.16. The number of para-hydroxylation sites is 2. The molecule has 1 aromatic carbocycles. The summed E-state index contributed by atoms with van der Waals surface area (Å²) in [6.07, 6.45) is 0.873. The van der Waals surface area contributed by atoms with Crippen LogP contribution in [0.5, 0.6) is 5.75 Å². The summed E-state index contributed by atoms with van der Waals surface area (Å²) in [5.41, 5.74) is 0.840. The molecule has 0 aromatic heterocycles. The Hall–Kier alpha value is -2.28. The first-order valence-corrected chi connectivity index (χ1v) is 8.94. The van der Waals surface area contributed by atoms with Gasteiger partial charge in [-0.2, -0.15) is 0 Å². The first kappa shape index (κ1) is 19.1. The van der Waals surface area contributed by atoms with E-state index < -0.39 is 6.04 Å². The molecule has 1 heterocycles. The van der Waals surface area contributed by atoms with Gasteiger partial charge >= 0.3 is 0 Å². The number of carbonyl (C=O) groups excluding carboxylic acids is 2. The minimum Gasteiger partial charge on any atom is -0.506 e. The van der Waals surface area contributed by atoms with Crippen molar-refractivity contribution in [1.29, 1.82) is 0 Å². The monoisotopic (exact) mass is 349 g/mol. The Bertz CT molecular complexity index is 585. The number of nitrogens with zero attached hydrogens (tertiary/aromatic N) is 1. The average molecular weight is 349 g/mol. The van der Waals surface area contributed by atoms with Crippen molar-refractivity contribution < 1.29 is 19.6 Å². The Morgan fingerprint density at radius 1 is 1.28 bits per heavy atom. The molecule has 1 aromatic rings. The number of hydrogen-bond acceptors (Lipinski definition) is 4. The van der Waals surface area contributed by atoms with Crippen LogP contribution in [0.25, 0.3) is 0 Å². The molecule has 1 aliphatic rings. The van der Waals surface area contributed by atoms with E-state index in [1.165, 1.54) is 4.90 Å². The lowest BCUT2D eigenvalue weighted by molar-refractivity contribution is -0.892. The van der Waals surface area contributed by atoms with Crippen molar-refractivity contribution in [2.75, 3.05) is 44.2 Å². The lowest BCUT2D eigenvalue weighted by Gasteiger charge is -2.33. The topological polar surface area (TPSA) is 86.1 Å². The van der Waals surface area contributed by atoms with Gasteiger partial charge in [0.25, 0.3) is 5.91 Å². The van der Waals surface area contributed by atoms with E-state index in [1.807, 2.05) is 25.1 Å². The average Bonchev–Trinajstić information content (AvgIpc) is 2.60. The quantitative estimate of drug-likeness (QED) is 0.515. The van der Waals surface area contributed by atoms with Crippen LogP contribution in [0.1, 0.15) is 20.3 Å². The van der Waals surface area contributed by atoms with Crippen LogP contribution in [-0.2, 0) is 9.59 Å². The minimum atomic E-state index is -0.513. The zero-order valence-electron chi connectivity index (χ0n) is 15.0. The molecule has 25 heavy (non-hydrogen) atoms. The summed E-state index contributed by atoms with van der Waals surface area (Å²) in [4.78, 5) is 27.3. The molecule has 0 unspecified atom stereocenters. The van der Waals surface area contributed by atoms with E-state index in [9.17, 15) is 14.7 Å². The maximum atomic E-state index is 12.1. The van der Waals surface area contributed by atoms with Crippen molar-refractivity contribution in [2.24, 2.45) is 0 Å². The molecular weight excluding hydrogens is 320 g/mol. The fourth-order valence-electron chi connectivity index (χ4n) is 2.96. The largest absolute Gasteiger partial charge is 0.506 e. The van der Waals surface area contributed by atoms with Crippen LogP contribution in [0.2, 0.25) is 0 Å². The van der Waals surface area contributed by atoms with Crippen molar-refractivity contribution in [1.82, 2.24) is 10.6 Å². The number of phenols is 1. The highest BCUT2D eigenvalue weighted by atomic mass is 16.3. The second kappa shape index (κ2) is 9.27. The van der Waals surface area contributed by atoms with E-state index in [4.69, 9.17) is 0 Å². The highest BCUT2D eigenvalue weighted by molar-refractivity contribution is 5.87. The standard InChI is InChI=1S/C18H28N4O3/c1-3-8-19-18(25)14(2)20-17(24)13-21-9-11-22(12-10-21)15-6-4-5-7-16(15)23/h4-7,14,23H,3,8-13H2,1-2H3,(H,19,25)(H,20,24)/p+1/t14-/m1/s1. The summed E-state index contributed by atoms with van der Waals surface area (Å²) in [6, 6.07) is 6.80. The molecule has 2 rings (SSSR count). The van der Waals surface area contributed by atoms with Crippen LogP contribution in [-0.4, -0.2) is 62.2 Å². The Morgan fingerprint density at radius 2 is 1.96 bits per heavy atom. The smallest absolute Gasteiger partial charge is 0.275 e. The number of amides is 2. The molecule has 0 bridgehead atoms. The van der Waals surface area contributed by atoms with Gasteiger partial charge in [-0.15, -0.1) is 0 Å². The van der Waals surface area contributed by atoms with Gasteiger partial charge in [0.2, 0.25) is 5.91 Å². The molecule has 0 spiro atoms. The number of quaternary nitrogens is 1. The summed E-state index contributed by atoms with van der Waals surface area (Å²) in [5.74, 6) is 0.0374. The van der Waals surface area contributed by atoms with Gasteiger partial charge in [0.15, 0.2) is 6.54 Å². The van der Waals surface area contributed by atoms with Crippen LogP contribution in [0.3, 0.4) is 0 Å². The number of carbonyl (C=O) groups is 2. The van der Waals surface area contributed by atoms with Crippen molar-refractivity contribution >= 4 is 17.5 Å². The molecule has 4 N–H and O–H groups in total. The van der Waals surface area contributed by atoms with Gasteiger partial charge in [-0.25, -0.2) is 0 Å². The third kappa shape index (κ3) is 5.63. The predicted octanol–water partition coefficient (Wildman–Crippen LogP) is -0.872. The zero-order chi connectivity index (χ0) is 18.2. The molecule has 7 nitrogen and oxygen atoms in total. The van der Waals surface area contributed by atoms with E-state index in [0.717, 1.165) is 38.3 Å². The Balaban J connectivity index is 1.75. The summed E-state index contributed by atoms with van der Waals surface area (Å²) < 4.78 is 0. The van der Waals surface area contributed by atoms with Crippen LogP contribution < -0.4 is 20.4 Å². The van der Waals surface area contributed by atoms with E-state index >= 15 is 0 Å². The van der Waals surface area contributed by atoms with Gasteiger partial charge in [0, 0.05) is 6.54 Å². The van der Waals surface area contributed by atoms with Crippen molar-refractivity contribution in [3.05, 3.63) is 24.3 Å². The number of benzene rings is 1. The number of piperazine rings is 1. The highest BCUT2D eigenvalue weighted by Gasteiger charge is 2.24. The number of hydrogen-bond donors (Lipinski definition) is 4. The maximum Gasteiger partial charge on any atom is 0.275 e. The van der Waals surface area contributed by atoms with Gasteiger partial charge in [-0.05, 0) is 25.5 Å². The van der Waals surface area contributed by atoms with E-state index in [-0.39, 0.29) is 17.6 Å². The van der Waals surface area contributed by atoms with Crippen LogP contribution in [0.4, 0.5) is 5.69 Å². The number of phenolic OH excluding ortho intramolecular Hbond substituents is 1. The Kier molecular flexibility index (Phi) is 7.06. The number of rotatable bonds is 7. The first-order valence-electron chi connectivity index (χ1n) is 8.94. The van der Waals surface area contributed by atoms with Gasteiger partial charge in [-0.3, -0.25) is 9.59 Å². The summed E-state index contributed by atoms with van der Waals surface area (Å²) in [6.45, 7) is 7.88. The third-order valence-electron chi connectivity index (χ3n) is 4.42. The van der Waals surface area contributed by atoms with Crippen LogP contribution in [0.15, 0.2) is 24.3 Å². The molecule has 1 aliphatic heterocycles. The molecule has 0 radical (unpaired) electrons. The molecule has 1 atom stereocenters. The van der Waals surface area contributed by atoms with Gasteiger partial charge in [0.1, 0.15) is 11.8 Å². The Morgan fingerprint density at radius 3 is 2.60 bits per heavy atom. The normalized spacial score (nSPS) is 16.3. The molecule has 7 heteroatoms. The SMILES string of the molecule is CCCNC(=O)[C@@H](C)NC(=O)C[NH+]1CCN(c2ccccc2O)CC1. The third-order valence-corrected chi connectivity index (χ3v) is 4.42. The molecule has 1 saturated heterocycles. The fourth-order valence-corrected chi connectivity index (χ4v) is 2.96. The zero-order valence-corrected chi connectivity index (χ0v) is 15.0. The minimum absolute atomic E-state index is 0.106. The molecule has 1 fully saturated rings. The summed E-state index contributed by atoms with van der Waals surface area (Å²) in [7, 11) is 0. The molecule has 138 valence electrons. The number of anilines is 1. The lowest BCUT2D eigenvalue weighted by atomic mass is 10.2. The van der Waals surface area contributed by atoms with Crippen LogP contribution >= 0.6 is 0 Å². The highest BCUT2D eigenvalue weighted by Crippen LogP contribution is 2.25. The van der Waals surface area contributed by atoms with Crippen LogP contribution in [0, 0.1) is 0 Å². The number of aromatic hydroxyl groups is 1. The van der Waals surface area contributed by atoms with Crippen molar-refractivity contribution in [2.45, 2.75) is 26.3 Å². The molecule has 0 aliphatic carbocycles. The van der Waals surface area contributed by atoms with Crippen molar-refractivity contribution in [3.8, 4) is 5.75 Å². The van der Waals surface area contributed by atoms with Crippen molar-refractivity contribution in [3.63, 3.8) is 0 Å². The fraction of sp³-hybridized carbons (Fsp3) is 0.556. The Labute approximate surface area is 149 Å². The molecule has 2 amide bonds. The van der Waals surface area contributed by atoms with E-state index in [0.29, 0.717) is 13.1 Å². The van der Waals surface area contributed by atoms with E-state index in [1.54, 1.807) is 13.0 Å². The summed E-state index contributed by atoms with van der Waals surface area (Å²) >= 11 is 0. The second-order valence-corrected chi connectivity index (χ2v) is 6.48. The predicted molar refractivity (Wildman–Crippen MR) is 96.8 cm³/mol. The van der Waals surface area contributed by atoms with E-state index in [2.05, 4.69) is 15.5 Å². The van der Waals surface area contributed by atoms with Gasteiger partial charge in [0.05, 0.1) is 31.9 Å². The van der Waals surface area contributed by atoms with Gasteiger partial charge < -0.3 is 25.5 Å². The van der Waals surface area contributed by atoms with Gasteiger partial charge in [-0.1, -0.05) is 19.1 Å². The molecule has 0 saturated carbocycles. The maximum absolute atomic E-state index is 12.1. The summed E-state index contributed by atoms with van der Waals surface area (Å²) in [5, 5.41) is 15.5. The first-order chi connectivity index (χ1) is 12.0. The second-order valence-electron chi connectivity index (χ2n) is 6.48.